The maximum atomic E-state index is 3.85. The van der Waals surface area contributed by atoms with Crippen molar-refractivity contribution in [1.29, 1.82) is 0 Å². The highest BCUT2D eigenvalue weighted by Crippen LogP contribution is 2.17. The fraction of sp³-hybridized carbons (Fsp3) is 0.556. The van der Waals surface area contributed by atoms with Crippen LogP contribution in [0.3, 0.4) is 0 Å². The lowest BCUT2D eigenvalue weighted by Gasteiger charge is -2.35. The van der Waals surface area contributed by atoms with Gasteiger partial charge in [0.15, 0.2) is 0 Å². The van der Waals surface area contributed by atoms with Crippen LogP contribution in [0.15, 0.2) is 42.5 Å². The number of rotatable bonds is 4. The molecule has 2 atom stereocenters. The summed E-state index contributed by atoms with van der Waals surface area (Å²) in [7, 11) is 0. The average molecular weight is 270 g/mol. The second kappa shape index (κ2) is 7.05. The van der Waals surface area contributed by atoms with E-state index in [9.17, 15) is 0 Å². The molecule has 1 fully saturated rings. The molecule has 1 aromatic rings. The first-order valence-electron chi connectivity index (χ1n) is 8.09. The van der Waals surface area contributed by atoms with E-state index in [0.29, 0.717) is 12.1 Å². The molecular formula is C18H26N2. The molecule has 0 bridgehead atoms. The van der Waals surface area contributed by atoms with Gasteiger partial charge in [-0.25, -0.2) is 0 Å². The van der Waals surface area contributed by atoms with E-state index in [4.69, 9.17) is 0 Å². The highest BCUT2D eigenvalue weighted by atomic mass is 15.2. The minimum atomic E-state index is 0.616. The zero-order chi connectivity index (χ0) is 13.6. The van der Waals surface area contributed by atoms with Crippen molar-refractivity contribution in [3.8, 4) is 0 Å². The second-order valence-corrected chi connectivity index (χ2v) is 6.19. The molecular weight excluding hydrogens is 244 g/mol. The molecule has 0 aromatic heterocycles. The van der Waals surface area contributed by atoms with E-state index in [2.05, 4.69) is 52.7 Å². The lowest BCUT2D eigenvalue weighted by atomic mass is 9.99. The lowest BCUT2D eigenvalue weighted by Crippen LogP contribution is -2.48. The van der Waals surface area contributed by atoms with Crippen LogP contribution >= 0.6 is 0 Å². The van der Waals surface area contributed by atoms with Crippen LogP contribution < -0.4 is 5.32 Å². The zero-order valence-corrected chi connectivity index (χ0v) is 12.3. The molecule has 2 heteroatoms. The lowest BCUT2D eigenvalue weighted by molar-refractivity contribution is 0.178. The number of hydrogen-bond acceptors (Lipinski definition) is 2. The summed E-state index contributed by atoms with van der Waals surface area (Å²) in [5.41, 5.74) is 1.44. The number of piperidine rings is 1. The van der Waals surface area contributed by atoms with Gasteiger partial charge in [0.25, 0.3) is 0 Å². The van der Waals surface area contributed by atoms with E-state index in [1.54, 1.807) is 0 Å². The van der Waals surface area contributed by atoms with Crippen molar-refractivity contribution in [2.75, 3.05) is 13.1 Å². The number of allylic oxidation sites excluding steroid dienone is 1. The van der Waals surface area contributed by atoms with Gasteiger partial charge in [-0.2, -0.15) is 0 Å². The highest BCUT2D eigenvalue weighted by molar-refractivity contribution is 5.14. The number of likely N-dealkylation sites (tertiary alicyclic amines) is 1. The molecule has 2 nitrogen and oxygen atoms in total. The van der Waals surface area contributed by atoms with E-state index in [0.717, 1.165) is 6.54 Å². The van der Waals surface area contributed by atoms with Crippen LogP contribution in [0.4, 0.5) is 0 Å². The van der Waals surface area contributed by atoms with Crippen molar-refractivity contribution in [2.45, 2.75) is 50.7 Å². The van der Waals surface area contributed by atoms with Crippen LogP contribution in [0.25, 0.3) is 0 Å². The maximum absolute atomic E-state index is 3.85. The quantitative estimate of drug-likeness (QED) is 0.844. The maximum Gasteiger partial charge on any atom is 0.0253 e. The van der Waals surface area contributed by atoms with Crippen LogP contribution in [0, 0.1) is 0 Å². The molecule has 3 rings (SSSR count). The molecule has 1 aliphatic carbocycles. The number of nitrogens with one attached hydrogen (secondary N) is 1. The van der Waals surface area contributed by atoms with Gasteiger partial charge in [-0.1, -0.05) is 42.5 Å². The zero-order valence-electron chi connectivity index (χ0n) is 12.3. The third-order valence-corrected chi connectivity index (χ3v) is 4.46. The number of nitrogens with zero attached hydrogens (tertiary/aromatic N) is 1. The molecule has 0 spiro atoms. The molecule has 1 N–H and O–H groups in total. The highest BCUT2D eigenvalue weighted by Gasteiger charge is 2.22. The molecule has 108 valence electrons. The standard InChI is InChI=1S/C18H26N2/c1-3-8-16(9-4-1)14-20-13-7-12-18(15-20)19-17-10-5-2-6-11-17/h1,3-5,8-10,17-19H,2,6-7,11-15H2. The van der Waals surface area contributed by atoms with Crippen LogP contribution in [0.5, 0.6) is 0 Å². The summed E-state index contributed by atoms with van der Waals surface area (Å²) in [6.45, 7) is 3.53. The normalized spacial score (nSPS) is 27.6. The minimum absolute atomic E-state index is 0.616. The third kappa shape index (κ3) is 3.94. The van der Waals surface area contributed by atoms with Crippen molar-refractivity contribution in [3.63, 3.8) is 0 Å². The van der Waals surface area contributed by atoms with Crippen LogP contribution in [0.2, 0.25) is 0 Å². The Balaban J connectivity index is 1.51. The smallest absolute Gasteiger partial charge is 0.0253 e. The Kier molecular flexibility index (Phi) is 4.88. The van der Waals surface area contributed by atoms with Crippen molar-refractivity contribution >= 4 is 0 Å². The first-order valence-corrected chi connectivity index (χ1v) is 8.09. The van der Waals surface area contributed by atoms with Gasteiger partial charge in [0.2, 0.25) is 0 Å². The average Bonchev–Trinajstić information content (AvgIpc) is 2.50. The molecule has 2 unspecified atom stereocenters. The molecule has 2 aliphatic rings. The van der Waals surface area contributed by atoms with Crippen molar-refractivity contribution in [3.05, 3.63) is 48.0 Å². The fourth-order valence-corrected chi connectivity index (χ4v) is 3.43. The van der Waals surface area contributed by atoms with Crippen LogP contribution in [-0.2, 0) is 6.54 Å². The largest absolute Gasteiger partial charge is 0.306 e. The van der Waals surface area contributed by atoms with Gasteiger partial charge in [-0.15, -0.1) is 0 Å². The van der Waals surface area contributed by atoms with Crippen LogP contribution in [0.1, 0.15) is 37.7 Å². The van der Waals surface area contributed by atoms with E-state index < -0.39 is 0 Å². The molecule has 0 radical (unpaired) electrons. The van der Waals surface area contributed by atoms with Crippen molar-refractivity contribution in [2.24, 2.45) is 0 Å². The summed E-state index contributed by atoms with van der Waals surface area (Å²) >= 11 is 0. The topological polar surface area (TPSA) is 15.3 Å². The summed E-state index contributed by atoms with van der Waals surface area (Å²) < 4.78 is 0. The molecule has 0 saturated carbocycles. The minimum Gasteiger partial charge on any atom is -0.306 e. The summed E-state index contributed by atoms with van der Waals surface area (Å²) in [5, 5.41) is 3.85. The predicted molar refractivity (Wildman–Crippen MR) is 84.7 cm³/mol. The SMILES string of the molecule is C1=CC(NC2CCCN(Cc3ccccc3)C2)CCC1. The Labute approximate surface area is 122 Å². The van der Waals surface area contributed by atoms with Gasteiger partial charge in [0.05, 0.1) is 0 Å². The number of benzene rings is 1. The summed E-state index contributed by atoms with van der Waals surface area (Å²) in [6.07, 6.45) is 11.3. The first kappa shape index (κ1) is 13.8. The first-order chi connectivity index (χ1) is 9.90. The van der Waals surface area contributed by atoms with Gasteiger partial charge >= 0.3 is 0 Å². The summed E-state index contributed by atoms with van der Waals surface area (Å²) in [5.74, 6) is 0. The Bertz CT molecular complexity index is 426. The Morgan fingerprint density at radius 2 is 2.00 bits per heavy atom. The monoisotopic (exact) mass is 270 g/mol. The molecule has 1 heterocycles. The van der Waals surface area contributed by atoms with Gasteiger partial charge < -0.3 is 5.32 Å². The Hall–Kier alpha value is -1.12. The Morgan fingerprint density at radius 1 is 1.10 bits per heavy atom. The molecule has 1 saturated heterocycles. The van der Waals surface area contributed by atoms with Gasteiger partial charge in [0, 0.05) is 25.2 Å². The molecule has 20 heavy (non-hydrogen) atoms. The number of hydrogen-bond donors (Lipinski definition) is 1. The van der Waals surface area contributed by atoms with Crippen LogP contribution in [-0.4, -0.2) is 30.1 Å². The molecule has 1 aliphatic heterocycles. The predicted octanol–water partition coefficient (Wildman–Crippen LogP) is 3.35. The molecule has 0 amide bonds. The van der Waals surface area contributed by atoms with Gasteiger partial charge in [0.1, 0.15) is 0 Å². The Morgan fingerprint density at radius 3 is 2.80 bits per heavy atom. The van der Waals surface area contributed by atoms with Crippen molar-refractivity contribution < 1.29 is 0 Å². The summed E-state index contributed by atoms with van der Waals surface area (Å²) in [6, 6.07) is 12.1. The molecule has 1 aromatic carbocycles. The van der Waals surface area contributed by atoms with Crippen molar-refractivity contribution in [1.82, 2.24) is 10.2 Å². The van der Waals surface area contributed by atoms with Gasteiger partial charge in [-0.05, 0) is 44.2 Å². The van der Waals surface area contributed by atoms with E-state index in [-0.39, 0.29) is 0 Å². The van der Waals surface area contributed by atoms with Gasteiger partial charge in [-0.3, -0.25) is 4.90 Å². The third-order valence-electron chi connectivity index (χ3n) is 4.46. The summed E-state index contributed by atoms with van der Waals surface area (Å²) in [4.78, 5) is 2.60. The fourth-order valence-electron chi connectivity index (χ4n) is 3.43. The van der Waals surface area contributed by atoms with E-state index >= 15 is 0 Å². The van der Waals surface area contributed by atoms with E-state index in [1.165, 1.54) is 50.8 Å². The second-order valence-electron chi connectivity index (χ2n) is 6.19. The van der Waals surface area contributed by atoms with E-state index in [1.807, 2.05) is 0 Å².